The summed E-state index contributed by atoms with van der Waals surface area (Å²) in [6.07, 6.45) is 9.21. The summed E-state index contributed by atoms with van der Waals surface area (Å²) in [4.78, 5) is 38.3. The fourth-order valence-corrected chi connectivity index (χ4v) is 4.41. The molecule has 2 fully saturated rings. The summed E-state index contributed by atoms with van der Waals surface area (Å²) in [6, 6.07) is 0. The van der Waals surface area contributed by atoms with Gasteiger partial charge in [0, 0.05) is 37.2 Å². The van der Waals surface area contributed by atoms with Gasteiger partial charge in [-0.2, -0.15) is 0 Å². The Labute approximate surface area is 161 Å². The van der Waals surface area contributed by atoms with Crippen LogP contribution < -0.4 is 4.90 Å². The van der Waals surface area contributed by atoms with Crippen molar-refractivity contribution in [3.05, 3.63) is 17.1 Å². The highest BCUT2D eigenvalue weighted by molar-refractivity contribution is 5.95. The third kappa shape index (κ3) is 3.99. The van der Waals surface area contributed by atoms with E-state index in [0.29, 0.717) is 24.7 Å². The summed E-state index contributed by atoms with van der Waals surface area (Å²) >= 11 is 0. The molecule has 27 heavy (non-hydrogen) atoms. The highest BCUT2D eigenvalue weighted by Crippen LogP contribution is 2.35. The Morgan fingerprint density at radius 3 is 2.56 bits per heavy atom. The molecule has 0 N–H and O–H groups in total. The highest BCUT2D eigenvalue weighted by Gasteiger charge is 2.33. The molecule has 2 heterocycles. The Hall–Kier alpha value is -1.98. The number of anilines is 1. The summed E-state index contributed by atoms with van der Waals surface area (Å²) in [7, 11) is 1.85. The van der Waals surface area contributed by atoms with E-state index in [0.717, 1.165) is 55.7 Å². The lowest BCUT2D eigenvalue weighted by Crippen LogP contribution is -2.39. The Balaban J connectivity index is 1.53. The van der Waals surface area contributed by atoms with Gasteiger partial charge in [-0.25, -0.2) is 9.97 Å². The predicted octanol–water partition coefficient (Wildman–Crippen LogP) is 3.01. The topological polar surface area (TPSA) is 66.4 Å². The van der Waals surface area contributed by atoms with Crippen molar-refractivity contribution in [2.75, 3.05) is 18.5 Å². The van der Waals surface area contributed by atoms with Crippen molar-refractivity contribution in [3.63, 3.8) is 0 Å². The predicted molar refractivity (Wildman–Crippen MR) is 103 cm³/mol. The maximum absolute atomic E-state index is 12.8. The summed E-state index contributed by atoms with van der Waals surface area (Å²) in [5.74, 6) is 2.59. The van der Waals surface area contributed by atoms with Gasteiger partial charge in [-0.1, -0.05) is 19.3 Å². The van der Waals surface area contributed by atoms with Crippen LogP contribution in [0.25, 0.3) is 0 Å². The van der Waals surface area contributed by atoms with Crippen molar-refractivity contribution >= 4 is 17.6 Å². The van der Waals surface area contributed by atoms with Gasteiger partial charge in [0.2, 0.25) is 11.8 Å². The second-order valence-electron chi connectivity index (χ2n) is 8.50. The summed E-state index contributed by atoms with van der Waals surface area (Å²) < 4.78 is 0. The average Bonchev–Trinajstić information content (AvgIpc) is 3.48. The zero-order chi connectivity index (χ0) is 19.0. The minimum atomic E-state index is 0.149. The molecule has 0 aromatic carbocycles. The number of fused-ring (bicyclic) bond motifs is 1. The van der Waals surface area contributed by atoms with Crippen LogP contribution in [-0.2, 0) is 22.6 Å². The molecule has 0 bridgehead atoms. The van der Waals surface area contributed by atoms with Gasteiger partial charge < -0.3 is 4.90 Å². The van der Waals surface area contributed by atoms with E-state index in [1.807, 2.05) is 18.9 Å². The van der Waals surface area contributed by atoms with Crippen LogP contribution in [0, 0.1) is 18.8 Å². The first-order valence-electron chi connectivity index (χ1n) is 10.4. The standard InChI is InChI=1S/C21H30N4O2/c1-14-17-10-11-19(26)25(12-15-8-9-15)20(17)23-18(22-14)13-24(2)21(27)16-6-4-3-5-7-16/h15-16H,3-13H2,1-2H3. The monoisotopic (exact) mass is 370 g/mol. The number of hydrogen-bond acceptors (Lipinski definition) is 4. The minimum Gasteiger partial charge on any atom is -0.338 e. The molecule has 2 amide bonds. The van der Waals surface area contributed by atoms with Crippen molar-refractivity contribution in [1.29, 1.82) is 0 Å². The van der Waals surface area contributed by atoms with Crippen molar-refractivity contribution in [2.45, 2.75) is 71.3 Å². The van der Waals surface area contributed by atoms with Gasteiger partial charge in [0.1, 0.15) is 11.6 Å². The van der Waals surface area contributed by atoms with Crippen molar-refractivity contribution < 1.29 is 9.59 Å². The molecular weight excluding hydrogens is 340 g/mol. The highest BCUT2D eigenvalue weighted by atomic mass is 16.2. The smallest absolute Gasteiger partial charge is 0.228 e. The Morgan fingerprint density at radius 2 is 1.85 bits per heavy atom. The van der Waals surface area contributed by atoms with Crippen molar-refractivity contribution in [2.24, 2.45) is 11.8 Å². The van der Waals surface area contributed by atoms with Gasteiger partial charge in [0.05, 0.1) is 6.54 Å². The zero-order valence-corrected chi connectivity index (χ0v) is 16.5. The zero-order valence-electron chi connectivity index (χ0n) is 16.5. The number of nitrogens with zero attached hydrogens (tertiary/aromatic N) is 4. The molecule has 4 rings (SSSR count). The van der Waals surface area contributed by atoms with Crippen LogP contribution in [0.3, 0.4) is 0 Å². The Bertz CT molecular complexity index is 738. The van der Waals surface area contributed by atoms with E-state index in [4.69, 9.17) is 4.98 Å². The molecule has 0 atom stereocenters. The fraction of sp³-hybridized carbons (Fsp3) is 0.714. The molecular formula is C21H30N4O2. The maximum Gasteiger partial charge on any atom is 0.228 e. The minimum absolute atomic E-state index is 0.149. The molecule has 2 saturated carbocycles. The molecule has 1 aromatic rings. The lowest BCUT2D eigenvalue weighted by molar-refractivity contribution is -0.135. The van der Waals surface area contributed by atoms with Crippen LogP contribution in [0.5, 0.6) is 0 Å². The lowest BCUT2D eigenvalue weighted by atomic mass is 9.88. The number of amides is 2. The van der Waals surface area contributed by atoms with Gasteiger partial charge in [0.25, 0.3) is 0 Å². The number of carbonyl (C=O) groups is 2. The van der Waals surface area contributed by atoms with Gasteiger partial charge in [-0.05, 0) is 44.9 Å². The molecule has 0 spiro atoms. The molecule has 6 nitrogen and oxygen atoms in total. The molecule has 0 radical (unpaired) electrons. The summed E-state index contributed by atoms with van der Waals surface area (Å²) in [5.41, 5.74) is 2.04. The molecule has 6 heteroatoms. The molecule has 146 valence electrons. The Kier molecular flexibility index (Phi) is 5.15. The molecule has 1 aliphatic heterocycles. The first-order chi connectivity index (χ1) is 13.0. The van der Waals surface area contributed by atoms with E-state index in [-0.39, 0.29) is 17.7 Å². The van der Waals surface area contributed by atoms with E-state index in [1.54, 1.807) is 4.90 Å². The van der Waals surface area contributed by atoms with Gasteiger partial charge in [0.15, 0.2) is 0 Å². The van der Waals surface area contributed by atoms with Crippen LogP contribution in [0.2, 0.25) is 0 Å². The van der Waals surface area contributed by atoms with Crippen LogP contribution in [-0.4, -0.2) is 40.3 Å². The average molecular weight is 370 g/mol. The maximum atomic E-state index is 12.8. The SMILES string of the molecule is Cc1nc(CN(C)C(=O)C2CCCCC2)nc2c1CCC(=O)N2CC1CC1. The van der Waals surface area contributed by atoms with Crippen molar-refractivity contribution in [3.8, 4) is 0 Å². The fourth-order valence-electron chi connectivity index (χ4n) is 4.41. The van der Waals surface area contributed by atoms with Crippen LogP contribution in [0.4, 0.5) is 5.82 Å². The van der Waals surface area contributed by atoms with E-state index in [1.165, 1.54) is 19.3 Å². The third-order valence-corrected chi connectivity index (χ3v) is 6.23. The molecule has 0 unspecified atom stereocenters. The molecule has 2 aliphatic carbocycles. The molecule has 0 saturated heterocycles. The largest absolute Gasteiger partial charge is 0.338 e. The Morgan fingerprint density at radius 1 is 1.11 bits per heavy atom. The van der Waals surface area contributed by atoms with E-state index in [9.17, 15) is 9.59 Å². The quantitative estimate of drug-likeness (QED) is 0.799. The molecule has 3 aliphatic rings. The third-order valence-electron chi connectivity index (χ3n) is 6.23. The first kappa shape index (κ1) is 18.4. The second-order valence-corrected chi connectivity index (χ2v) is 8.50. The first-order valence-corrected chi connectivity index (χ1v) is 10.4. The number of aryl methyl sites for hydroxylation is 1. The second kappa shape index (κ2) is 7.56. The van der Waals surface area contributed by atoms with E-state index < -0.39 is 0 Å². The van der Waals surface area contributed by atoms with Crippen LogP contribution >= 0.6 is 0 Å². The lowest BCUT2D eigenvalue weighted by Gasteiger charge is -2.30. The van der Waals surface area contributed by atoms with Crippen LogP contribution in [0.1, 0.15) is 68.4 Å². The summed E-state index contributed by atoms with van der Waals surface area (Å²) in [6.45, 7) is 3.19. The normalized spacial score (nSPS) is 20.5. The summed E-state index contributed by atoms with van der Waals surface area (Å²) in [5, 5.41) is 0. The number of rotatable bonds is 5. The van der Waals surface area contributed by atoms with E-state index in [2.05, 4.69) is 4.98 Å². The van der Waals surface area contributed by atoms with Crippen molar-refractivity contribution in [1.82, 2.24) is 14.9 Å². The molecule has 1 aromatic heterocycles. The van der Waals surface area contributed by atoms with Gasteiger partial charge >= 0.3 is 0 Å². The number of aromatic nitrogens is 2. The number of carbonyl (C=O) groups excluding carboxylic acids is 2. The number of hydrogen-bond donors (Lipinski definition) is 0. The van der Waals surface area contributed by atoms with Crippen LogP contribution in [0.15, 0.2) is 0 Å². The van der Waals surface area contributed by atoms with E-state index >= 15 is 0 Å². The van der Waals surface area contributed by atoms with Gasteiger partial charge in [-0.3, -0.25) is 14.5 Å². The van der Waals surface area contributed by atoms with Gasteiger partial charge in [-0.15, -0.1) is 0 Å².